The first-order chi connectivity index (χ1) is 9.19. The molecule has 1 aliphatic rings. The highest BCUT2D eigenvalue weighted by Crippen LogP contribution is 2.41. The zero-order valence-electron chi connectivity index (χ0n) is 10.4. The van der Waals surface area contributed by atoms with Crippen LogP contribution in [0.2, 0.25) is 0 Å². The molecule has 1 aromatic carbocycles. The van der Waals surface area contributed by atoms with Crippen molar-refractivity contribution in [1.29, 1.82) is 0 Å². The highest BCUT2D eigenvalue weighted by molar-refractivity contribution is 5.93. The lowest BCUT2D eigenvalue weighted by Crippen LogP contribution is -2.01. The summed E-state index contributed by atoms with van der Waals surface area (Å²) in [7, 11) is 1.29. The van der Waals surface area contributed by atoms with Crippen LogP contribution in [0, 0.1) is 5.82 Å². The maximum atomic E-state index is 12.9. The molecule has 0 N–H and O–H groups in total. The lowest BCUT2D eigenvalue weighted by Gasteiger charge is -1.99. The van der Waals surface area contributed by atoms with Crippen LogP contribution in [0.3, 0.4) is 0 Å². The number of esters is 1. The van der Waals surface area contributed by atoms with E-state index in [1.807, 2.05) is 0 Å². The summed E-state index contributed by atoms with van der Waals surface area (Å²) >= 11 is 0. The summed E-state index contributed by atoms with van der Waals surface area (Å²) in [5, 5.41) is 0. The van der Waals surface area contributed by atoms with Gasteiger partial charge in [-0.15, -0.1) is 0 Å². The van der Waals surface area contributed by atoms with Crippen LogP contribution in [0.25, 0.3) is 11.3 Å². The van der Waals surface area contributed by atoms with Crippen molar-refractivity contribution in [3.63, 3.8) is 0 Å². The summed E-state index contributed by atoms with van der Waals surface area (Å²) in [5.41, 5.74) is 1.05. The molecule has 0 amide bonds. The first-order valence-corrected chi connectivity index (χ1v) is 6.04. The first-order valence-electron chi connectivity index (χ1n) is 6.04. The molecule has 1 heterocycles. The minimum atomic E-state index is -0.571. The van der Waals surface area contributed by atoms with Gasteiger partial charge in [-0.2, -0.15) is 0 Å². The second-order valence-electron chi connectivity index (χ2n) is 4.50. The Bertz CT molecular complexity index is 614. The number of methoxy groups -OCH3 is 1. The van der Waals surface area contributed by atoms with Gasteiger partial charge in [-0.25, -0.2) is 14.2 Å². The smallest absolute Gasteiger partial charge is 0.376 e. The Hall–Kier alpha value is -2.17. The van der Waals surface area contributed by atoms with Crippen LogP contribution in [0.4, 0.5) is 4.39 Å². The van der Waals surface area contributed by atoms with Gasteiger partial charge in [-0.3, -0.25) is 0 Å². The minimum Gasteiger partial charge on any atom is -0.463 e. The number of aromatic nitrogens is 1. The maximum Gasteiger partial charge on any atom is 0.376 e. The molecule has 0 atom stereocenters. The molecule has 0 saturated heterocycles. The van der Waals surface area contributed by atoms with Crippen LogP contribution in [0.15, 0.2) is 28.7 Å². The third kappa shape index (κ3) is 2.23. The number of ether oxygens (including phenoxy) is 1. The number of benzene rings is 1. The van der Waals surface area contributed by atoms with E-state index in [1.165, 1.54) is 19.2 Å². The zero-order valence-corrected chi connectivity index (χ0v) is 10.4. The summed E-state index contributed by atoms with van der Waals surface area (Å²) in [6, 6.07) is 5.77. The average Bonchev–Trinajstić information content (AvgIpc) is 3.18. The number of rotatable bonds is 3. The molecule has 0 radical (unpaired) electrons. The lowest BCUT2D eigenvalue weighted by molar-refractivity contribution is 0.0564. The first kappa shape index (κ1) is 11.9. The number of nitrogens with zero attached hydrogens (tertiary/aromatic N) is 1. The number of hydrogen-bond acceptors (Lipinski definition) is 4. The van der Waals surface area contributed by atoms with E-state index >= 15 is 0 Å². The third-order valence-corrected chi connectivity index (χ3v) is 3.06. The van der Waals surface area contributed by atoms with Gasteiger partial charge in [0.15, 0.2) is 5.89 Å². The lowest BCUT2D eigenvalue weighted by atomic mass is 10.1. The van der Waals surface area contributed by atoms with Crippen molar-refractivity contribution in [3.8, 4) is 11.3 Å². The summed E-state index contributed by atoms with van der Waals surface area (Å²) in [6.45, 7) is 0. The Morgan fingerprint density at radius 2 is 2.05 bits per heavy atom. The number of carbonyl (C=O) groups is 1. The predicted octanol–water partition coefficient (Wildman–Crippen LogP) is 3.14. The molecule has 0 unspecified atom stereocenters. The van der Waals surface area contributed by atoms with Crippen molar-refractivity contribution < 1.29 is 18.3 Å². The van der Waals surface area contributed by atoms with Gasteiger partial charge in [0.1, 0.15) is 11.5 Å². The fourth-order valence-corrected chi connectivity index (χ4v) is 1.88. The summed E-state index contributed by atoms with van der Waals surface area (Å²) < 4.78 is 23.1. The molecule has 0 bridgehead atoms. The van der Waals surface area contributed by atoms with Gasteiger partial charge in [0.05, 0.1) is 7.11 Å². The molecule has 3 rings (SSSR count). The molecule has 2 aromatic rings. The zero-order chi connectivity index (χ0) is 13.4. The van der Waals surface area contributed by atoms with Crippen molar-refractivity contribution in [1.82, 2.24) is 4.98 Å². The molecule has 1 saturated carbocycles. The van der Waals surface area contributed by atoms with Gasteiger partial charge in [-0.05, 0) is 37.1 Å². The molecule has 1 aliphatic carbocycles. The van der Waals surface area contributed by atoms with E-state index in [-0.39, 0.29) is 17.5 Å². The summed E-state index contributed by atoms with van der Waals surface area (Å²) in [4.78, 5) is 16.1. The van der Waals surface area contributed by atoms with E-state index in [4.69, 9.17) is 4.42 Å². The van der Waals surface area contributed by atoms with Gasteiger partial charge in [0, 0.05) is 11.5 Å². The van der Waals surface area contributed by atoms with Crippen molar-refractivity contribution in [3.05, 3.63) is 41.7 Å². The van der Waals surface area contributed by atoms with Crippen molar-refractivity contribution in [2.45, 2.75) is 18.8 Å². The highest BCUT2D eigenvalue weighted by atomic mass is 19.1. The molecular weight excluding hydrogens is 249 g/mol. The van der Waals surface area contributed by atoms with Crippen molar-refractivity contribution >= 4 is 5.97 Å². The van der Waals surface area contributed by atoms with Crippen LogP contribution in [-0.4, -0.2) is 18.1 Å². The molecule has 0 spiro atoms. The van der Waals surface area contributed by atoms with E-state index in [2.05, 4.69) is 9.72 Å². The molecule has 19 heavy (non-hydrogen) atoms. The molecule has 0 aliphatic heterocycles. The van der Waals surface area contributed by atoms with Crippen molar-refractivity contribution in [2.24, 2.45) is 0 Å². The molecule has 1 aromatic heterocycles. The molecular formula is C14H12FNO3. The topological polar surface area (TPSA) is 52.3 Å². The standard InChI is InChI=1S/C14H12FNO3/c1-18-14(17)12-11(8-4-6-10(15)7-5-8)16-13(19-12)9-2-3-9/h4-7,9H,2-3H2,1H3. The minimum absolute atomic E-state index is 0.0796. The Morgan fingerprint density at radius 1 is 1.37 bits per heavy atom. The fraction of sp³-hybridized carbons (Fsp3) is 0.286. The molecule has 5 heteroatoms. The Kier molecular flexibility index (Phi) is 2.81. The van der Waals surface area contributed by atoms with Crippen LogP contribution in [0.5, 0.6) is 0 Å². The van der Waals surface area contributed by atoms with Gasteiger partial charge < -0.3 is 9.15 Å². The van der Waals surface area contributed by atoms with E-state index < -0.39 is 5.97 Å². The van der Waals surface area contributed by atoms with Crippen molar-refractivity contribution in [2.75, 3.05) is 7.11 Å². The molecule has 1 fully saturated rings. The van der Waals surface area contributed by atoms with Gasteiger partial charge in [-0.1, -0.05) is 0 Å². The van der Waals surface area contributed by atoms with E-state index in [0.29, 0.717) is 17.1 Å². The van der Waals surface area contributed by atoms with E-state index in [1.54, 1.807) is 12.1 Å². The van der Waals surface area contributed by atoms with Gasteiger partial charge in [0.2, 0.25) is 5.76 Å². The summed E-state index contributed by atoms with van der Waals surface area (Å²) in [6.07, 6.45) is 2.04. The van der Waals surface area contributed by atoms with Gasteiger partial charge >= 0.3 is 5.97 Å². The monoisotopic (exact) mass is 261 g/mol. The Balaban J connectivity index is 2.07. The van der Waals surface area contributed by atoms with E-state index in [0.717, 1.165) is 12.8 Å². The number of oxazole rings is 1. The highest BCUT2D eigenvalue weighted by Gasteiger charge is 2.32. The quantitative estimate of drug-likeness (QED) is 0.796. The predicted molar refractivity (Wildman–Crippen MR) is 65.2 cm³/mol. The Labute approximate surface area is 109 Å². The Morgan fingerprint density at radius 3 is 2.63 bits per heavy atom. The molecule has 4 nitrogen and oxygen atoms in total. The maximum absolute atomic E-state index is 12.9. The fourth-order valence-electron chi connectivity index (χ4n) is 1.88. The normalized spacial score (nSPS) is 14.4. The summed E-state index contributed by atoms with van der Waals surface area (Å²) in [5.74, 6) is 0.0151. The largest absolute Gasteiger partial charge is 0.463 e. The van der Waals surface area contributed by atoms with Crippen LogP contribution in [-0.2, 0) is 4.74 Å². The number of halogens is 1. The number of carbonyl (C=O) groups excluding carboxylic acids is 1. The van der Waals surface area contributed by atoms with Crippen LogP contribution >= 0.6 is 0 Å². The number of hydrogen-bond donors (Lipinski definition) is 0. The van der Waals surface area contributed by atoms with Crippen LogP contribution < -0.4 is 0 Å². The average molecular weight is 261 g/mol. The second-order valence-corrected chi connectivity index (χ2v) is 4.50. The third-order valence-electron chi connectivity index (χ3n) is 3.06. The van der Waals surface area contributed by atoms with E-state index in [9.17, 15) is 9.18 Å². The molecule has 98 valence electrons. The second kappa shape index (κ2) is 4.50. The van der Waals surface area contributed by atoms with Crippen LogP contribution in [0.1, 0.15) is 35.2 Å². The SMILES string of the molecule is COC(=O)c1oc(C2CC2)nc1-c1ccc(F)cc1. The van der Waals surface area contributed by atoms with Gasteiger partial charge in [0.25, 0.3) is 0 Å².